The molecule has 8 heteroatoms. The molecule has 4 fully saturated rings. The molecule has 3 saturated carbocycles. The minimum Gasteiger partial charge on any atom is -0.481 e. The van der Waals surface area contributed by atoms with Crippen LogP contribution in [0.25, 0.3) is 0 Å². The van der Waals surface area contributed by atoms with Crippen molar-refractivity contribution >= 4 is 5.97 Å². The predicted molar refractivity (Wildman–Crippen MR) is 189 cm³/mol. The lowest BCUT2D eigenvalue weighted by molar-refractivity contribution is -0.255. The molecule has 12 atom stereocenters. The van der Waals surface area contributed by atoms with E-state index in [2.05, 4.69) is 104 Å². The molecule has 1 aromatic heterocycles. The maximum absolute atomic E-state index is 13.5. The zero-order valence-electron chi connectivity index (χ0n) is 32.2. The maximum atomic E-state index is 13.5. The molecule has 8 nitrogen and oxygen atoms in total. The van der Waals surface area contributed by atoms with Gasteiger partial charge in [-0.1, -0.05) is 74.0 Å². The second-order valence-corrected chi connectivity index (χ2v) is 19.1. The summed E-state index contributed by atoms with van der Waals surface area (Å²) in [5.74, 6) is 0.958. The Morgan fingerprint density at radius 2 is 1.81 bits per heavy atom. The molecular formula is C40H66N4O4. The summed E-state index contributed by atoms with van der Waals surface area (Å²) in [6.45, 7) is 25.3. The molecule has 1 N–H and O–H groups in total. The van der Waals surface area contributed by atoms with Gasteiger partial charge in [-0.15, -0.1) is 0 Å². The van der Waals surface area contributed by atoms with Crippen LogP contribution in [0, 0.1) is 62.6 Å². The van der Waals surface area contributed by atoms with E-state index in [1.54, 1.807) is 11.9 Å². The molecule has 1 aliphatic heterocycles. The topological polar surface area (TPSA) is 89.7 Å². The average molecular weight is 667 g/mol. The molecule has 1 unspecified atom stereocenters. The first kappa shape index (κ1) is 36.0. The Morgan fingerprint density at radius 3 is 2.40 bits per heavy atom. The number of hydrogen-bond acceptors (Lipinski definition) is 6. The van der Waals surface area contributed by atoms with Crippen LogP contribution in [0.1, 0.15) is 114 Å². The van der Waals surface area contributed by atoms with Crippen LogP contribution in [0.4, 0.5) is 0 Å². The number of aromatic nitrogens is 3. The first-order valence-electron chi connectivity index (χ1n) is 19.0. The number of allylic oxidation sites excluding steroid dienone is 1. The summed E-state index contributed by atoms with van der Waals surface area (Å²) in [5.41, 5.74) is 0.426. The highest BCUT2D eigenvalue weighted by molar-refractivity contribution is 5.73. The Hall–Kier alpha value is -1.77. The summed E-state index contributed by atoms with van der Waals surface area (Å²) in [6, 6.07) is 0.0327. The summed E-state index contributed by atoms with van der Waals surface area (Å²) in [5, 5.41) is 15.8. The van der Waals surface area contributed by atoms with Crippen molar-refractivity contribution in [3.05, 3.63) is 24.3 Å². The highest BCUT2D eigenvalue weighted by Crippen LogP contribution is 2.75. The third-order valence-electron chi connectivity index (χ3n) is 16.7. The zero-order valence-corrected chi connectivity index (χ0v) is 32.2. The Labute approximate surface area is 290 Å². The van der Waals surface area contributed by atoms with E-state index in [1.807, 2.05) is 6.33 Å². The van der Waals surface area contributed by atoms with Gasteiger partial charge in [0.05, 0.1) is 37.9 Å². The first-order valence-corrected chi connectivity index (χ1v) is 19.0. The van der Waals surface area contributed by atoms with Crippen LogP contribution in [0.5, 0.6) is 0 Å². The highest BCUT2D eigenvalue weighted by atomic mass is 16.5. The molecule has 1 saturated heterocycles. The molecule has 0 aromatic carbocycles. The van der Waals surface area contributed by atoms with E-state index < -0.39 is 5.97 Å². The summed E-state index contributed by atoms with van der Waals surface area (Å²) in [7, 11) is 4.32. The van der Waals surface area contributed by atoms with Crippen molar-refractivity contribution in [1.82, 2.24) is 19.7 Å². The van der Waals surface area contributed by atoms with Crippen LogP contribution in [-0.2, 0) is 14.3 Å². The summed E-state index contributed by atoms with van der Waals surface area (Å²) in [4.78, 5) is 20.2. The van der Waals surface area contributed by atoms with Gasteiger partial charge < -0.3 is 19.5 Å². The van der Waals surface area contributed by atoms with Gasteiger partial charge in [-0.2, -0.15) is 5.10 Å². The van der Waals surface area contributed by atoms with E-state index in [9.17, 15) is 9.90 Å². The van der Waals surface area contributed by atoms with Crippen LogP contribution < -0.4 is 0 Å². The first-order chi connectivity index (χ1) is 22.3. The molecule has 2 bridgehead atoms. The molecular weight excluding hydrogens is 600 g/mol. The number of carboxylic acid groups (broad SMARTS) is 1. The van der Waals surface area contributed by atoms with E-state index in [0.717, 1.165) is 38.5 Å². The van der Waals surface area contributed by atoms with Crippen molar-refractivity contribution < 1.29 is 19.4 Å². The molecule has 0 amide bonds. The fourth-order valence-corrected chi connectivity index (χ4v) is 12.6. The summed E-state index contributed by atoms with van der Waals surface area (Å²) >= 11 is 0. The van der Waals surface area contributed by atoms with Crippen LogP contribution in [0.2, 0.25) is 0 Å². The molecule has 1 aromatic rings. The number of likely N-dealkylation sites (N-methyl/N-ethyl adjacent to an activating group) is 1. The number of rotatable bonds is 9. The Morgan fingerprint density at radius 1 is 1.10 bits per heavy atom. The van der Waals surface area contributed by atoms with Gasteiger partial charge in [0.15, 0.2) is 0 Å². The molecule has 5 aliphatic rings. The molecule has 48 heavy (non-hydrogen) atoms. The highest BCUT2D eigenvalue weighted by Gasteiger charge is 2.72. The average Bonchev–Trinajstić information content (AvgIpc) is 3.55. The Balaban J connectivity index is 1.43. The molecule has 6 rings (SSSR count). The lowest BCUT2D eigenvalue weighted by atomic mass is 9.34. The number of carboxylic acids is 1. The van der Waals surface area contributed by atoms with E-state index in [1.165, 1.54) is 0 Å². The maximum Gasteiger partial charge on any atom is 0.307 e. The number of ether oxygens (including phenoxy) is 2. The number of fused-ring (bicyclic) bond motifs is 3. The fraction of sp³-hybridized carbons (Fsp3) is 0.875. The zero-order chi connectivity index (χ0) is 35.2. The van der Waals surface area contributed by atoms with Crippen LogP contribution in [0.15, 0.2) is 24.3 Å². The number of nitrogens with zero attached hydrogens (tertiary/aromatic N) is 4. The minimum absolute atomic E-state index is 0.0327. The Bertz CT molecular complexity index is 1380. The molecule has 4 aliphatic carbocycles. The van der Waals surface area contributed by atoms with Crippen molar-refractivity contribution in [1.29, 1.82) is 0 Å². The lowest BCUT2D eigenvalue weighted by Gasteiger charge is -2.71. The monoisotopic (exact) mass is 667 g/mol. The van der Waals surface area contributed by atoms with Gasteiger partial charge >= 0.3 is 5.97 Å². The third kappa shape index (κ3) is 4.80. The molecule has 2 heterocycles. The van der Waals surface area contributed by atoms with Gasteiger partial charge in [0.25, 0.3) is 0 Å². The van der Waals surface area contributed by atoms with Crippen molar-refractivity contribution in [3.8, 4) is 0 Å². The Kier molecular flexibility index (Phi) is 8.93. The third-order valence-corrected chi connectivity index (χ3v) is 16.7. The van der Waals surface area contributed by atoms with Crippen molar-refractivity contribution in [2.45, 2.75) is 125 Å². The van der Waals surface area contributed by atoms with Gasteiger partial charge in [-0.25, -0.2) is 9.67 Å². The van der Waals surface area contributed by atoms with Gasteiger partial charge in [0.2, 0.25) is 0 Å². The van der Waals surface area contributed by atoms with Crippen LogP contribution in [-0.4, -0.2) is 76.3 Å². The normalized spacial score (nSPS) is 44.4. The van der Waals surface area contributed by atoms with Crippen LogP contribution in [0.3, 0.4) is 0 Å². The van der Waals surface area contributed by atoms with E-state index in [0.29, 0.717) is 49.4 Å². The van der Waals surface area contributed by atoms with Gasteiger partial charge in [-0.05, 0) is 105 Å². The number of aliphatic carboxylic acids is 1. The number of hydrogen-bond donors (Lipinski definition) is 1. The second-order valence-electron chi connectivity index (χ2n) is 19.1. The summed E-state index contributed by atoms with van der Waals surface area (Å²) in [6.07, 6.45) is 12.0. The number of carbonyl (C=O) groups is 1. The van der Waals surface area contributed by atoms with Gasteiger partial charge in [-0.3, -0.25) is 4.79 Å². The summed E-state index contributed by atoms with van der Waals surface area (Å²) < 4.78 is 16.0. The van der Waals surface area contributed by atoms with Crippen molar-refractivity contribution in [2.24, 2.45) is 62.6 Å². The lowest BCUT2D eigenvalue weighted by Crippen LogP contribution is -2.69. The van der Waals surface area contributed by atoms with Gasteiger partial charge in [0.1, 0.15) is 12.7 Å². The molecule has 270 valence electrons. The molecule has 0 radical (unpaired) electrons. The quantitative estimate of drug-likeness (QED) is 0.270. The van der Waals surface area contributed by atoms with E-state index in [4.69, 9.17) is 14.6 Å². The van der Waals surface area contributed by atoms with Crippen molar-refractivity contribution in [2.75, 3.05) is 33.9 Å². The van der Waals surface area contributed by atoms with Crippen LogP contribution >= 0.6 is 0 Å². The second kappa shape index (κ2) is 11.9. The standard InChI is InChI=1S/C40H66N4O4/c1-25(2)27(5)35(6)17-18-37(8)28-13-14-31-36(7)20-47-22-40(31,29(28)15-16-38(37,9)32(35)34(45)46)19-30(44-24-41-23-42-44)33(36)48-21-39(10,26(3)4)43(11)12/h15,23-28,30-33H,13-14,16-22H2,1-12H3,(H,45,46)/t27-,28+,30-,31+,32-,33+,35-,36+,37-,38+,39+,40?/m1/s1. The van der Waals surface area contributed by atoms with Gasteiger partial charge in [0, 0.05) is 16.4 Å². The predicted octanol–water partition coefficient (Wildman–Crippen LogP) is 7.77. The SMILES string of the molecule is CC(C)[C@@H](C)[C@@]1(C)CC[C@]2(C)[C@H]3CC[C@@H]4C5(COC[C@]4(C)[C@@H](OC[C@@](C)(C(C)C)N(C)C)[C@H](n4cncn4)C5)C3=CC[C@@]2(C)[C@@H]1C(=O)O. The fourth-order valence-electron chi connectivity index (χ4n) is 12.6. The van der Waals surface area contributed by atoms with Crippen molar-refractivity contribution in [3.63, 3.8) is 0 Å². The smallest absolute Gasteiger partial charge is 0.307 e. The minimum atomic E-state index is -0.606. The van der Waals surface area contributed by atoms with E-state index >= 15 is 0 Å². The largest absolute Gasteiger partial charge is 0.481 e. The van der Waals surface area contributed by atoms with E-state index in [-0.39, 0.29) is 50.7 Å². The molecule has 0 spiro atoms.